The van der Waals surface area contributed by atoms with Crippen molar-refractivity contribution in [2.24, 2.45) is 0 Å². The zero-order valence-corrected chi connectivity index (χ0v) is 9.88. The van der Waals surface area contributed by atoms with Crippen LogP contribution < -0.4 is 11.1 Å². The van der Waals surface area contributed by atoms with E-state index in [0.717, 1.165) is 4.47 Å². The van der Waals surface area contributed by atoms with Crippen LogP contribution in [0.5, 0.6) is 0 Å². The number of anilines is 1. The van der Waals surface area contributed by atoms with Crippen LogP contribution in [0.3, 0.4) is 0 Å². The summed E-state index contributed by atoms with van der Waals surface area (Å²) in [7, 11) is 0. The van der Waals surface area contributed by atoms with Crippen molar-refractivity contribution in [2.45, 2.75) is 18.9 Å². The van der Waals surface area contributed by atoms with Crippen molar-refractivity contribution in [1.82, 2.24) is 5.32 Å². The van der Waals surface area contributed by atoms with Gasteiger partial charge < -0.3 is 11.1 Å². The highest BCUT2D eigenvalue weighted by molar-refractivity contribution is 9.10. The molecule has 1 aliphatic carbocycles. The quantitative estimate of drug-likeness (QED) is 0.649. The summed E-state index contributed by atoms with van der Waals surface area (Å²) in [6.07, 6.45) is 2.38. The number of rotatable bonds is 4. The van der Waals surface area contributed by atoms with E-state index >= 15 is 0 Å². The lowest BCUT2D eigenvalue weighted by Gasteiger charge is -2.04. The first-order valence-electron chi connectivity index (χ1n) is 4.98. The Morgan fingerprint density at radius 2 is 2.27 bits per heavy atom. The predicted octanol–water partition coefficient (Wildman–Crippen LogP) is 1.97. The minimum atomic E-state index is 0.0982. The highest BCUT2D eigenvalue weighted by Crippen LogP contribution is 2.21. The molecule has 0 aliphatic heterocycles. The fourth-order valence-electron chi connectivity index (χ4n) is 1.34. The second-order valence-electron chi connectivity index (χ2n) is 3.81. The van der Waals surface area contributed by atoms with Gasteiger partial charge in [0.2, 0.25) is 0 Å². The Kier molecular flexibility index (Phi) is 3.07. The molecule has 0 aromatic heterocycles. The molecule has 2 rings (SSSR count). The third-order valence-corrected chi connectivity index (χ3v) is 3.17. The predicted molar refractivity (Wildman–Crippen MR) is 63.9 cm³/mol. The van der Waals surface area contributed by atoms with Crippen LogP contribution in [0.25, 0.3) is 0 Å². The van der Waals surface area contributed by atoms with E-state index in [-0.39, 0.29) is 5.78 Å². The number of Topliss-reactive ketones (excluding diaryl/α,β-unsaturated/α-hetero) is 1. The highest BCUT2D eigenvalue weighted by Gasteiger charge is 2.21. The van der Waals surface area contributed by atoms with Gasteiger partial charge >= 0.3 is 0 Å². The van der Waals surface area contributed by atoms with Gasteiger partial charge in [-0.05, 0) is 40.9 Å². The van der Waals surface area contributed by atoms with E-state index < -0.39 is 0 Å². The minimum absolute atomic E-state index is 0.0982. The van der Waals surface area contributed by atoms with Gasteiger partial charge in [-0.25, -0.2) is 0 Å². The number of nitrogens with two attached hydrogens (primary N) is 1. The van der Waals surface area contributed by atoms with Gasteiger partial charge in [0.25, 0.3) is 0 Å². The molecule has 15 heavy (non-hydrogen) atoms. The van der Waals surface area contributed by atoms with Crippen molar-refractivity contribution in [3.8, 4) is 0 Å². The maximum absolute atomic E-state index is 11.7. The fraction of sp³-hybridized carbons (Fsp3) is 0.364. The maximum Gasteiger partial charge on any atom is 0.176 e. The minimum Gasteiger partial charge on any atom is -0.398 e. The van der Waals surface area contributed by atoms with Crippen LogP contribution in [-0.2, 0) is 0 Å². The Labute approximate surface area is 97.2 Å². The summed E-state index contributed by atoms with van der Waals surface area (Å²) in [5, 5.41) is 3.19. The van der Waals surface area contributed by atoms with Crippen molar-refractivity contribution < 1.29 is 4.79 Å². The molecule has 4 heteroatoms. The third kappa shape index (κ3) is 2.79. The largest absolute Gasteiger partial charge is 0.398 e. The fourth-order valence-corrected chi connectivity index (χ4v) is 1.59. The van der Waals surface area contributed by atoms with Gasteiger partial charge in [0.1, 0.15) is 0 Å². The Morgan fingerprint density at radius 3 is 2.87 bits per heavy atom. The molecule has 0 atom stereocenters. The smallest absolute Gasteiger partial charge is 0.176 e. The summed E-state index contributed by atoms with van der Waals surface area (Å²) in [6.45, 7) is 0.408. The highest BCUT2D eigenvalue weighted by atomic mass is 79.9. The SMILES string of the molecule is Nc1cc(C(=O)CNC2CC2)ccc1Br. The lowest BCUT2D eigenvalue weighted by atomic mass is 10.1. The molecule has 1 aromatic rings. The molecular formula is C11H13BrN2O. The van der Waals surface area contributed by atoms with Gasteiger partial charge in [-0.1, -0.05) is 6.07 Å². The van der Waals surface area contributed by atoms with Crippen LogP contribution in [0.4, 0.5) is 5.69 Å². The number of hydrogen-bond acceptors (Lipinski definition) is 3. The molecule has 0 saturated heterocycles. The molecule has 0 heterocycles. The van der Waals surface area contributed by atoms with Crippen molar-refractivity contribution >= 4 is 27.4 Å². The van der Waals surface area contributed by atoms with Crippen molar-refractivity contribution in [2.75, 3.05) is 12.3 Å². The molecule has 0 unspecified atom stereocenters. The molecular weight excluding hydrogens is 256 g/mol. The van der Waals surface area contributed by atoms with Crippen molar-refractivity contribution in [3.63, 3.8) is 0 Å². The summed E-state index contributed by atoms with van der Waals surface area (Å²) in [4.78, 5) is 11.7. The van der Waals surface area contributed by atoms with E-state index in [1.54, 1.807) is 18.2 Å². The second kappa shape index (κ2) is 4.33. The first-order chi connectivity index (χ1) is 7.16. The molecule has 1 fully saturated rings. The number of carbonyl (C=O) groups excluding carboxylic acids is 1. The van der Waals surface area contributed by atoms with Crippen LogP contribution >= 0.6 is 15.9 Å². The summed E-state index contributed by atoms with van der Waals surface area (Å²) >= 11 is 3.30. The molecule has 0 amide bonds. The van der Waals surface area contributed by atoms with E-state index in [1.165, 1.54) is 12.8 Å². The van der Waals surface area contributed by atoms with Gasteiger partial charge in [0.05, 0.1) is 6.54 Å². The number of nitrogen functional groups attached to an aromatic ring is 1. The van der Waals surface area contributed by atoms with Crippen LogP contribution in [0.15, 0.2) is 22.7 Å². The molecule has 0 spiro atoms. The third-order valence-electron chi connectivity index (χ3n) is 2.45. The van der Waals surface area contributed by atoms with Gasteiger partial charge in [0.15, 0.2) is 5.78 Å². The molecule has 80 valence electrons. The summed E-state index contributed by atoms with van der Waals surface area (Å²) in [6, 6.07) is 5.86. The van der Waals surface area contributed by atoms with E-state index in [0.29, 0.717) is 23.8 Å². The zero-order chi connectivity index (χ0) is 10.8. The maximum atomic E-state index is 11.7. The molecule has 0 radical (unpaired) electrons. The summed E-state index contributed by atoms with van der Waals surface area (Å²) < 4.78 is 0.828. The Bertz CT molecular complexity index is 388. The van der Waals surface area contributed by atoms with Gasteiger partial charge in [-0.2, -0.15) is 0 Å². The van der Waals surface area contributed by atoms with E-state index in [9.17, 15) is 4.79 Å². The van der Waals surface area contributed by atoms with E-state index in [1.807, 2.05) is 0 Å². The molecule has 1 aliphatic rings. The van der Waals surface area contributed by atoms with Crippen molar-refractivity contribution in [3.05, 3.63) is 28.2 Å². The number of benzene rings is 1. The average molecular weight is 269 g/mol. The molecule has 1 saturated carbocycles. The first-order valence-corrected chi connectivity index (χ1v) is 5.78. The number of halogens is 1. The van der Waals surface area contributed by atoms with Gasteiger partial charge in [-0.15, -0.1) is 0 Å². The Hall–Kier alpha value is -0.870. The first kappa shape index (κ1) is 10.6. The van der Waals surface area contributed by atoms with Crippen molar-refractivity contribution in [1.29, 1.82) is 0 Å². The monoisotopic (exact) mass is 268 g/mol. The standard InChI is InChI=1S/C11H13BrN2O/c12-9-4-1-7(5-10(9)13)11(15)6-14-8-2-3-8/h1,4-5,8,14H,2-3,6,13H2. The van der Waals surface area contributed by atoms with Gasteiger partial charge in [-0.3, -0.25) is 4.79 Å². The number of nitrogens with one attached hydrogen (secondary N) is 1. The number of ketones is 1. The average Bonchev–Trinajstić information content (AvgIpc) is 3.02. The zero-order valence-electron chi connectivity index (χ0n) is 8.29. The van der Waals surface area contributed by atoms with Crippen LogP contribution in [0.2, 0.25) is 0 Å². The lowest BCUT2D eigenvalue weighted by molar-refractivity contribution is 0.0990. The number of hydrogen-bond donors (Lipinski definition) is 2. The molecule has 1 aromatic carbocycles. The summed E-state index contributed by atoms with van der Waals surface area (Å²) in [5.74, 6) is 0.0982. The van der Waals surface area contributed by atoms with Crippen LogP contribution in [0, 0.1) is 0 Å². The summed E-state index contributed by atoms with van der Waals surface area (Å²) in [5.41, 5.74) is 6.98. The van der Waals surface area contributed by atoms with Crippen LogP contribution in [0.1, 0.15) is 23.2 Å². The van der Waals surface area contributed by atoms with Gasteiger partial charge in [0, 0.05) is 21.8 Å². The van der Waals surface area contributed by atoms with E-state index in [2.05, 4.69) is 21.2 Å². The van der Waals surface area contributed by atoms with E-state index in [4.69, 9.17) is 5.73 Å². The van der Waals surface area contributed by atoms with Crippen LogP contribution in [-0.4, -0.2) is 18.4 Å². The Morgan fingerprint density at radius 1 is 1.53 bits per heavy atom. The molecule has 3 N–H and O–H groups in total. The molecule has 0 bridgehead atoms. The second-order valence-corrected chi connectivity index (χ2v) is 4.67. The Balaban J connectivity index is 2.00. The lowest BCUT2D eigenvalue weighted by Crippen LogP contribution is -2.24. The number of carbonyl (C=O) groups is 1. The normalized spacial score (nSPS) is 15.3. The molecule has 3 nitrogen and oxygen atoms in total. The topological polar surface area (TPSA) is 55.1 Å².